The van der Waals surface area contributed by atoms with Crippen molar-refractivity contribution < 1.29 is 13.5 Å². The predicted molar refractivity (Wildman–Crippen MR) is 75.7 cm³/mol. The van der Waals surface area contributed by atoms with E-state index in [1.807, 2.05) is 13.8 Å². The van der Waals surface area contributed by atoms with Crippen molar-refractivity contribution in [1.82, 2.24) is 5.32 Å². The molecule has 0 aliphatic carbocycles. The van der Waals surface area contributed by atoms with Gasteiger partial charge in [-0.3, -0.25) is 0 Å². The number of rotatable bonds is 9. The Morgan fingerprint density at radius 3 is 2.79 bits per heavy atom. The third kappa shape index (κ3) is 7.50. The van der Waals surface area contributed by atoms with Crippen LogP contribution in [0.5, 0.6) is 0 Å². The molecule has 0 saturated heterocycles. The second kappa shape index (κ2) is 9.28. The summed E-state index contributed by atoms with van der Waals surface area (Å²) in [6.07, 6.45) is 1.23. The summed E-state index contributed by atoms with van der Waals surface area (Å²) in [7, 11) is 0. The number of hydrogen-bond acceptors (Lipinski definition) is 3. The van der Waals surface area contributed by atoms with Gasteiger partial charge in [0.25, 0.3) is 0 Å². The number of benzene rings is 1. The Kier molecular flexibility index (Phi) is 8.02. The van der Waals surface area contributed by atoms with Gasteiger partial charge in [-0.2, -0.15) is 0 Å². The summed E-state index contributed by atoms with van der Waals surface area (Å²) in [6, 6.07) is 3.52. The molecule has 5 heteroatoms. The molecule has 108 valence electrons. The van der Waals surface area contributed by atoms with Crippen molar-refractivity contribution in [3.05, 3.63) is 29.8 Å². The second-order valence-corrected chi connectivity index (χ2v) is 5.58. The lowest BCUT2D eigenvalue weighted by Gasteiger charge is -2.08. The van der Waals surface area contributed by atoms with Crippen molar-refractivity contribution in [3.8, 4) is 0 Å². The smallest absolute Gasteiger partial charge is 0.136 e. The largest absolute Gasteiger partial charge is 0.379 e. The van der Waals surface area contributed by atoms with Crippen LogP contribution in [0.2, 0.25) is 0 Å². The van der Waals surface area contributed by atoms with Crippen molar-refractivity contribution in [2.24, 2.45) is 0 Å². The van der Waals surface area contributed by atoms with E-state index in [0.29, 0.717) is 10.6 Å². The first-order valence-electron chi connectivity index (χ1n) is 6.49. The zero-order chi connectivity index (χ0) is 14.1. The molecule has 0 unspecified atom stereocenters. The van der Waals surface area contributed by atoms with Gasteiger partial charge in [-0.25, -0.2) is 8.78 Å². The fourth-order valence-electron chi connectivity index (χ4n) is 1.46. The molecule has 1 aromatic rings. The van der Waals surface area contributed by atoms with Crippen LogP contribution < -0.4 is 5.32 Å². The van der Waals surface area contributed by atoms with E-state index >= 15 is 0 Å². The highest BCUT2D eigenvalue weighted by Gasteiger charge is 2.03. The molecule has 0 aromatic heterocycles. The van der Waals surface area contributed by atoms with Crippen LogP contribution in [-0.2, 0) is 4.74 Å². The van der Waals surface area contributed by atoms with Gasteiger partial charge in [0.1, 0.15) is 11.6 Å². The van der Waals surface area contributed by atoms with Crippen molar-refractivity contribution in [1.29, 1.82) is 0 Å². The van der Waals surface area contributed by atoms with E-state index in [9.17, 15) is 8.78 Å². The lowest BCUT2D eigenvalue weighted by Crippen LogP contribution is -2.20. The third-order valence-electron chi connectivity index (χ3n) is 2.38. The van der Waals surface area contributed by atoms with E-state index in [1.165, 1.54) is 17.8 Å². The summed E-state index contributed by atoms with van der Waals surface area (Å²) < 4.78 is 31.6. The summed E-state index contributed by atoms with van der Waals surface area (Å²) in [6.45, 7) is 6.41. The Hall–Kier alpha value is -0.650. The van der Waals surface area contributed by atoms with E-state index in [4.69, 9.17) is 4.74 Å². The van der Waals surface area contributed by atoms with E-state index in [2.05, 4.69) is 5.32 Å². The van der Waals surface area contributed by atoms with Crippen molar-refractivity contribution in [2.45, 2.75) is 31.3 Å². The molecule has 0 heterocycles. The predicted octanol–water partition coefficient (Wildman–Crippen LogP) is 3.46. The molecule has 19 heavy (non-hydrogen) atoms. The van der Waals surface area contributed by atoms with Gasteiger partial charge in [-0.05, 0) is 45.0 Å². The van der Waals surface area contributed by atoms with Gasteiger partial charge in [0.2, 0.25) is 0 Å². The van der Waals surface area contributed by atoms with Gasteiger partial charge in [0, 0.05) is 23.8 Å². The van der Waals surface area contributed by atoms with Crippen LogP contribution in [0.3, 0.4) is 0 Å². The van der Waals surface area contributed by atoms with E-state index in [0.717, 1.165) is 38.2 Å². The lowest BCUT2D eigenvalue weighted by molar-refractivity contribution is 0.0772. The van der Waals surface area contributed by atoms with E-state index in [1.54, 1.807) is 0 Å². The fraction of sp³-hybridized carbons (Fsp3) is 0.571. The third-order valence-corrected chi connectivity index (χ3v) is 3.41. The summed E-state index contributed by atoms with van der Waals surface area (Å²) >= 11 is 1.32. The highest BCUT2D eigenvalue weighted by atomic mass is 32.2. The van der Waals surface area contributed by atoms with Gasteiger partial charge in [0.05, 0.1) is 6.10 Å². The molecule has 0 radical (unpaired) electrons. The first-order chi connectivity index (χ1) is 9.09. The van der Waals surface area contributed by atoms with Gasteiger partial charge in [-0.15, -0.1) is 11.8 Å². The number of ether oxygens (including phenoxy) is 1. The van der Waals surface area contributed by atoms with Crippen LogP contribution in [0, 0.1) is 11.6 Å². The Morgan fingerprint density at radius 2 is 2.05 bits per heavy atom. The maximum Gasteiger partial charge on any atom is 0.136 e. The molecule has 0 aliphatic heterocycles. The van der Waals surface area contributed by atoms with Gasteiger partial charge in [-0.1, -0.05) is 0 Å². The minimum absolute atomic E-state index is 0.270. The first kappa shape index (κ1) is 16.4. The molecule has 0 spiro atoms. The normalized spacial score (nSPS) is 11.2. The second-order valence-electron chi connectivity index (χ2n) is 4.45. The van der Waals surface area contributed by atoms with E-state index in [-0.39, 0.29) is 11.9 Å². The zero-order valence-electron chi connectivity index (χ0n) is 11.4. The fourth-order valence-corrected chi connectivity index (χ4v) is 2.33. The first-order valence-corrected chi connectivity index (χ1v) is 7.48. The minimum atomic E-state index is -0.400. The average molecular weight is 289 g/mol. The Balaban J connectivity index is 2.06. The van der Waals surface area contributed by atoms with Crippen molar-refractivity contribution in [2.75, 3.05) is 25.4 Å². The standard InChI is InChI=1S/C14H21F2NOS/c1-11(2)18-8-3-6-17-7-9-19-14-10-12(15)4-5-13(14)16/h4-5,10-11,17H,3,6-9H2,1-2H3. The molecule has 0 atom stereocenters. The molecule has 0 fully saturated rings. The number of thioether (sulfide) groups is 1. The maximum atomic E-state index is 13.3. The summed E-state index contributed by atoms with van der Waals surface area (Å²) in [5, 5.41) is 3.25. The number of halogens is 2. The van der Waals surface area contributed by atoms with Crippen LogP contribution in [-0.4, -0.2) is 31.6 Å². The molecule has 0 saturated carbocycles. The van der Waals surface area contributed by atoms with Crippen LogP contribution in [0.25, 0.3) is 0 Å². The lowest BCUT2D eigenvalue weighted by atomic mass is 10.3. The maximum absolute atomic E-state index is 13.3. The summed E-state index contributed by atoms with van der Waals surface area (Å²) in [5.74, 6) is -0.0507. The quantitative estimate of drug-likeness (QED) is 0.555. The highest BCUT2D eigenvalue weighted by molar-refractivity contribution is 7.99. The summed E-state index contributed by atoms with van der Waals surface area (Å²) in [5.41, 5.74) is 0. The Morgan fingerprint density at radius 1 is 1.26 bits per heavy atom. The topological polar surface area (TPSA) is 21.3 Å². The van der Waals surface area contributed by atoms with Crippen molar-refractivity contribution >= 4 is 11.8 Å². The zero-order valence-corrected chi connectivity index (χ0v) is 12.2. The molecule has 0 aliphatic rings. The molecule has 0 amide bonds. The van der Waals surface area contributed by atoms with E-state index < -0.39 is 5.82 Å². The monoisotopic (exact) mass is 289 g/mol. The average Bonchev–Trinajstić information content (AvgIpc) is 2.36. The van der Waals surface area contributed by atoms with Crippen LogP contribution in [0.15, 0.2) is 23.1 Å². The van der Waals surface area contributed by atoms with Crippen LogP contribution in [0.4, 0.5) is 8.78 Å². The Labute approximate surface area is 117 Å². The van der Waals surface area contributed by atoms with Crippen LogP contribution >= 0.6 is 11.8 Å². The Bertz CT molecular complexity index is 374. The molecule has 2 nitrogen and oxygen atoms in total. The molecule has 1 aromatic carbocycles. The highest BCUT2D eigenvalue weighted by Crippen LogP contribution is 2.21. The van der Waals surface area contributed by atoms with Gasteiger partial charge in [0.15, 0.2) is 0 Å². The number of hydrogen-bond donors (Lipinski definition) is 1. The molecule has 1 rings (SSSR count). The van der Waals surface area contributed by atoms with Crippen molar-refractivity contribution in [3.63, 3.8) is 0 Å². The van der Waals surface area contributed by atoms with Gasteiger partial charge >= 0.3 is 0 Å². The molecule has 0 bridgehead atoms. The minimum Gasteiger partial charge on any atom is -0.379 e. The van der Waals surface area contributed by atoms with Crippen LogP contribution in [0.1, 0.15) is 20.3 Å². The van der Waals surface area contributed by atoms with Gasteiger partial charge < -0.3 is 10.1 Å². The molecular weight excluding hydrogens is 268 g/mol. The SMILES string of the molecule is CC(C)OCCCNCCSc1cc(F)ccc1F. The molecular formula is C14H21F2NOS. The number of nitrogens with one attached hydrogen (secondary N) is 1. The summed E-state index contributed by atoms with van der Waals surface area (Å²) in [4.78, 5) is 0.366. The molecule has 1 N–H and O–H groups in total.